The molecule has 1 rings (SSSR count). The molecular weight excluding hydrogens is 258 g/mol. The van der Waals surface area contributed by atoms with Crippen LogP contribution in [0.25, 0.3) is 0 Å². The Balaban J connectivity index is 0.000000711. The number of primary amides is 1. The minimum absolute atomic E-state index is 0.0600. The Morgan fingerprint density at radius 3 is 2.11 bits per heavy atom. The predicted molar refractivity (Wildman–Crippen MR) is 66.3 cm³/mol. The van der Waals surface area contributed by atoms with Crippen LogP contribution in [0.4, 0.5) is 10.5 Å². The van der Waals surface area contributed by atoms with Crippen LogP contribution in [0.2, 0.25) is 0 Å². The highest BCUT2D eigenvalue weighted by Crippen LogP contribution is 2.34. The fourth-order valence-electron chi connectivity index (χ4n) is 1.24. The number of hydrogen-bond acceptors (Lipinski definition) is 6. The van der Waals surface area contributed by atoms with Crippen LogP contribution in [0, 0.1) is 10.1 Å². The van der Waals surface area contributed by atoms with Crippen LogP contribution in [-0.4, -0.2) is 30.3 Å². The third kappa shape index (κ3) is 5.08. The van der Waals surface area contributed by atoms with Crippen LogP contribution in [0.15, 0.2) is 12.1 Å². The van der Waals surface area contributed by atoms with Crippen molar-refractivity contribution < 1.29 is 24.3 Å². The van der Waals surface area contributed by atoms with E-state index < -0.39 is 11.0 Å². The van der Waals surface area contributed by atoms with Crippen LogP contribution in [0.3, 0.4) is 0 Å². The summed E-state index contributed by atoms with van der Waals surface area (Å²) in [7, 11) is 2.88. The molecule has 0 atom stereocenters. The van der Waals surface area contributed by atoms with Crippen LogP contribution in [-0.2, 0) is 6.54 Å². The molecule has 0 radical (unpaired) electrons. The average molecular weight is 273 g/mol. The number of carbonyl (C=O) groups is 1. The lowest BCUT2D eigenvalue weighted by molar-refractivity contribution is -0.385. The normalized spacial score (nSPS) is 9.00. The number of rotatable bonds is 4. The zero-order valence-electron chi connectivity index (χ0n) is 10.5. The number of hydrogen-bond donors (Lipinski definition) is 3. The van der Waals surface area contributed by atoms with Gasteiger partial charge in [-0.15, -0.1) is 0 Å². The molecule has 0 bridgehead atoms. The second kappa shape index (κ2) is 7.71. The molecule has 1 aromatic rings. The number of nitrogens with zero attached hydrogens (tertiary/aromatic N) is 1. The summed E-state index contributed by atoms with van der Waals surface area (Å²) in [5, 5.41) is 17.9. The summed E-state index contributed by atoms with van der Waals surface area (Å²) >= 11 is 0. The molecule has 5 N–H and O–H groups in total. The first-order valence-electron chi connectivity index (χ1n) is 4.95. The molecule has 0 spiro atoms. The standard InChI is InChI=1S/C9H12N2O4.CH3NO2/c1-14-8-3-6(5-10)7(11(12)13)4-9(8)15-2;2-1(3)4/h3-4H,5,10H2,1-2H3;2H2,(H,3,4). The van der Waals surface area contributed by atoms with Crippen molar-refractivity contribution in [3.05, 3.63) is 27.8 Å². The minimum atomic E-state index is -1.33. The highest BCUT2D eigenvalue weighted by Gasteiger charge is 2.17. The predicted octanol–water partition coefficient (Wildman–Crippen LogP) is 0.694. The molecular formula is C10H15N3O6. The number of methoxy groups -OCH3 is 2. The molecule has 1 aromatic carbocycles. The minimum Gasteiger partial charge on any atom is -0.493 e. The van der Waals surface area contributed by atoms with Crippen molar-refractivity contribution in [3.8, 4) is 11.5 Å². The van der Waals surface area contributed by atoms with Crippen molar-refractivity contribution in [1.29, 1.82) is 0 Å². The lowest BCUT2D eigenvalue weighted by atomic mass is 10.1. The molecule has 19 heavy (non-hydrogen) atoms. The number of ether oxygens (including phenoxy) is 2. The number of nitro groups is 1. The van der Waals surface area contributed by atoms with Gasteiger partial charge in [0.15, 0.2) is 11.5 Å². The highest BCUT2D eigenvalue weighted by atomic mass is 16.6. The summed E-state index contributed by atoms with van der Waals surface area (Å²) in [4.78, 5) is 19.0. The van der Waals surface area contributed by atoms with Crippen LogP contribution >= 0.6 is 0 Å². The van der Waals surface area contributed by atoms with Gasteiger partial charge >= 0.3 is 6.09 Å². The molecule has 0 aliphatic heterocycles. The molecule has 0 aromatic heterocycles. The van der Waals surface area contributed by atoms with Crippen molar-refractivity contribution >= 4 is 11.8 Å². The molecule has 0 saturated carbocycles. The maximum atomic E-state index is 10.7. The topological polar surface area (TPSA) is 151 Å². The van der Waals surface area contributed by atoms with Gasteiger partial charge in [-0.05, 0) is 6.07 Å². The monoisotopic (exact) mass is 273 g/mol. The largest absolute Gasteiger partial charge is 0.493 e. The number of nitro benzene ring substituents is 1. The first kappa shape index (κ1) is 16.4. The second-order valence-electron chi connectivity index (χ2n) is 3.14. The molecule has 0 aliphatic carbocycles. The SMILES string of the molecule is COc1cc(CN)c([N+](=O)[O-])cc1OC.NC(=O)O. The first-order valence-corrected chi connectivity index (χ1v) is 4.95. The van der Waals surface area contributed by atoms with Gasteiger partial charge in [-0.25, -0.2) is 4.79 Å². The van der Waals surface area contributed by atoms with E-state index in [2.05, 4.69) is 5.73 Å². The first-order chi connectivity index (χ1) is 8.87. The van der Waals surface area contributed by atoms with E-state index in [9.17, 15) is 10.1 Å². The zero-order valence-corrected chi connectivity index (χ0v) is 10.5. The Bertz CT molecular complexity index is 459. The van der Waals surface area contributed by atoms with Crippen LogP contribution in [0.1, 0.15) is 5.56 Å². The van der Waals surface area contributed by atoms with E-state index in [4.69, 9.17) is 25.1 Å². The molecule has 0 aliphatic rings. The van der Waals surface area contributed by atoms with Gasteiger partial charge in [0, 0.05) is 12.1 Å². The Morgan fingerprint density at radius 1 is 1.37 bits per heavy atom. The Morgan fingerprint density at radius 2 is 1.79 bits per heavy atom. The van der Waals surface area contributed by atoms with Gasteiger partial charge in [0.25, 0.3) is 5.69 Å². The van der Waals surface area contributed by atoms with Crippen molar-refractivity contribution in [2.24, 2.45) is 11.5 Å². The maximum absolute atomic E-state index is 10.7. The molecule has 9 heteroatoms. The van der Waals surface area contributed by atoms with E-state index in [1.165, 1.54) is 26.4 Å². The summed E-state index contributed by atoms with van der Waals surface area (Å²) in [6.07, 6.45) is -1.33. The summed E-state index contributed by atoms with van der Waals surface area (Å²) in [5.41, 5.74) is 9.78. The van der Waals surface area contributed by atoms with E-state index in [1.807, 2.05) is 0 Å². The number of amides is 1. The number of carboxylic acid groups (broad SMARTS) is 1. The van der Waals surface area contributed by atoms with E-state index in [-0.39, 0.29) is 12.2 Å². The van der Waals surface area contributed by atoms with Crippen LogP contribution < -0.4 is 20.9 Å². The van der Waals surface area contributed by atoms with Gasteiger partial charge in [0.2, 0.25) is 0 Å². The average Bonchev–Trinajstić information content (AvgIpc) is 2.36. The van der Waals surface area contributed by atoms with Crippen molar-refractivity contribution in [1.82, 2.24) is 0 Å². The van der Waals surface area contributed by atoms with Gasteiger partial charge in [-0.2, -0.15) is 0 Å². The Hall–Kier alpha value is -2.55. The van der Waals surface area contributed by atoms with Gasteiger partial charge in [-0.1, -0.05) is 0 Å². The van der Waals surface area contributed by atoms with E-state index in [1.54, 1.807) is 0 Å². The summed E-state index contributed by atoms with van der Waals surface area (Å²) in [6.45, 7) is 0.0800. The van der Waals surface area contributed by atoms with Crippen LogP contribution in [0.5, 0.6) is 11.5 Å². The molecule has 0 fully saturated rings. The Labute approximate surface area is 108 Å². The lowest BCUT2D eigenvalue weighted by Gasteiger charge is -2.09. The third-order valence-electron chi connectivity index (χ3n) is 2.00. The smallest absolute Gasteiger partial charge is 0.402 e. The molecule has 106 valence electrons. The summed E-state index contributed by atoms with van der Waals surface area (Å²) < 4.78 is 9.97. The lowest BCUT2D eigenvalue weighted by Crippen LogP contribution is -2.03. The van der Waals surface area contributed by atoms with Gasteiger partial charge in [0.05, 0.1) is 25.2 Å². The van der Waals surface area contributed by atoms with E-state index in [0.717, 1.165) is 0 Å². The van der Waals surface area contributed by atoms with Gasteiger partial charge in [0.1, 0.15) is 0 Å². The highest BCUT2D eigenvalue weighted by molar-refractivity contribution is 5.61. The third-order valence-corrected chi connectivity index (χ3v) is 2.00. The van der Waals surface area contributed by atoms with Gasteiger partial charge < -0.3 is 26.0 Å². The second-order valence-corrected chi connectivity index (χ2v) is 3.14. The molecule has 1 amide bonds. The zero-order chi connectivity index (χ0) is 15.0. The molecule has 0 unspecified atom stereocenters. The fourth-order valence-corrected chi connectivity index (χ4v) is 1.24. The van der Waals surface area contributed by atoms with E-state index in [0.29, 0.717) is 17.1 Å². The molecule has 9 nitrogen and oxygen atoms in total. The number of nitrogens with two attached hydrogens (primary N) is 2. The Kier molecular flexibility index (Phi) is 6.68. The summed E-state index contributed by atoms with van der Waals surface area (Å²) in [6, 6.07) is 2.82. The fraction of sp³-hybridized carbons (Fsp3) is 0.300. The van der Waals surface area contributed by atoms with Crippen molar-refractivity contribution in [2.75, 3.05) is 14.2 Å². The van der Waals surface area contributed by atoms with Gasteiger partial charge in [-0.3, -0.25) is 10.1 Å². The number of benzene rings is 1. The van der Waals surface area contributed by atoms with E-state index >= 15 is 0 Å². The summed E-state index contributed by atoms with van der Waals surface area (Å²) in [5.74, 6) is 0.755. The molecule has 0 saturated heterocycles. The van der Waals surface area contributed by atoms with Crippen molar-refractivity contribution in [3.63, 3.8) is 0 Å². The quantitative estimate of drug-likeness (QED) is 0.539. The molecule has 0 heterocycles. The maximum Gasteiger partial charge on any atom is 0.402 e. The van der Waals surface area contributed by atoms with Crippen molar-refractivity contribution in [2.45, 2.75) is 6.54 Å².